The van der Waals surface area contributed by atoms with E-state index < -0.39 is 10.0 Å². The van der Waals surface area contributed by atoms with Gasteiger partial charge < -0.3 is 10.1 Å². The number of para-hydroxylation sites is 1. The van der Waals surface area contributed by atoms with Crippen molar-refractivity contribution >= 4 is 27.2 Å². The molecule has 0 aliphatic rings. The summed E-state index contributed by atoms with van der Waals surface area (Å²) >= 11 is 0. The van der Waals surface area contributed by atoms with Crippen molar-refractivity contribution in [3.05, 3.63) is 72.4 Å². The van der Waals surface area contributed by atoms with Gasteiger partial charge in [0.2, 0.25) is 0 Å². The quantitative estimate of drug-likeness (QED) is 0.688. The van der Waals surface area contributed by atoms with Crippen molar-refractivity contribution in [3.63, 3.8) is 0 Å². The van der Waals surface area contributed by atoms with Gasteiger partial charge in [0.1, 0.15) is 11.6 Å². The van der Waals surface area contributed by atoms with Crippen LogP contribution in [0, 0.1) is 6.92 Å². The Morgan fingerprint density at radius 1 is 0.962 bits per heavy atom. The number of aryl methyl sites for hydroxylation is 1. The maximum absolute atomic E-state index is 12.5. The van der Waals surface area contributed by atoms with E-state index in [9.17, 15) is 8.42 Å². The van der Waals surface area contributed by atoms with Gasteiger partial charge in [-0.15, -0.1) is 0 Å². The maximum Gasteiger partial charge on any atom is 0.261 e. The molecule has 0 radical (unpaired) electrons. The van der Waals surface area contributed by atoms with Crippen molar-refractivity contribution in [2.75, 3.05) is 17.1 Å². The molecule has 2 aromatic carbocycles. The largest absolute Gasteiger partial charge is 0.496 e. The van der Waals surface area contributed by atoms with E-state index in [0.717, 1.165) is 11.3 Å². The Labute approximate surface area is 152 Å². The van der Waals surface area contributed by atoms with Gasteiger partial charge in [0.25, 0.3) is 10.0 Å². The Morgan fingerprint density at radius 2 is 1.73 bits per heavy atom. The first-order valence-electron chi connectivity index (χ1n) is 7.93. The lowest BCUT2D eigenvalue weighted by Crippen LogP contribution is -2.13. The average molecular weight is 369 g/mol. The van der Waals surface area contributed by atoms with Crippen LogP contribution < -0.4 is 14.8 Å². The van der Waals surface area contributed by atoms with Gasteiger partial charge in [0, 0.05) is 5.69 Å². The number of methoxy groups -OCH3 is 1. The number of benzene rings is 2. The SMILES string of the molecule is COc1ccc(S(=O)(=O)Nc2ccc(Nc3ccccc3)nc2)cc1C. The second kappa shape index (κ2) is 7.45. The van der Waals surface area contributed by atoms with Crippen molar-refractivity contribution in [3.8, 4) is 5.75 Å². The molecule has 7 heteroatoms. The van der Waals surface area contributed by atoms with Crippen LogP contribution in [0.25, 0.3) is 0 Å². The van der Waals surface area contributed by atoms with E-state index in [1.807, 2.05) is 30.3 Å². The third-order valence-corrected chi connectivity index (χ3v) is 5.12. The van der Waals surface area contributed by atoms with Crippen molar-refractivity contribution < 1.29 is 13.2 Å². The zero-order valence-corrected chi connectivity index (χ0v) is 15.2. The normalized spacial score (nSPS) is 11.0. The summed E-state index contributed by atoms with van der Waals surface area (Å²) in [6.07, 6.45) is 1.47. The molecular weight excluding hydrogens is 350 g/mol. The van der Waals surface area contributed by atoms with Crippen molar-refractivity contribution in [2.45, 2.75) is 11.8 Å². The predicted octanol–water partition coefficient (Wildman–Crippen LogP) is 3.94. The lowest BCUT2D eigenvalue weighted by atomic mass is 10.2. The van der Waals surface area contributed by atoms with Gasteiger partial charge in [0.15, 0.2) is 0 Å². The third-order valence-electron chi connectivity index (χ3n) is 3.74. The average Bonchev–Trinajstić information content (AvgIpc) is 2.64. The first-order valence-corrected chi connectivity index (χ1v) is 9.42. The third kappa shape index (κ3) is 4.12. The van der Waals surface area contributed by atoms with Crippen LogP contribution in [0.15, 0.2) is 71.8 Å². The van der Waals surface area contributed by atoms with Gasteiger partial charge in [-0.05, 0) is 55.0 Å². The van der Waals surface area contributed by atoms with Crippen LogP contribution in [0.5, 0.6) is 5.75 Å². The highest BCUT2D eigenvalue weighted by Gasteiger charge is 2.16. The van der Waals surface area contributed by atoms with E-state index in [4.69, 9.17) is 4.74 Å². The van der Waals surface area contributed by atoms with E-state index in [0.29, 0.717) is 17.3 Å². The van der Waals surface area contributed by atoms with Crippen LogP contribution in [0.3, 0.4) is 0 Å². The number of nitrogens with zero attached hydrogens (tertiary/aromatic N) is 1. The number of aromatic nitrogens is 1. The molecule has 0 spiro atoms. The molecule has 3 rings (SSSR count). The minimum Gasteiger partial charge on any atom is -0.496 e. The van der Waals surface area contributed by atoms with Crippen LogP contribution in [-0.4, -0.2) is 20.5 Å². The summed E-state index contributed by atoms with van der Waals surface area (Å²) in [5.74, 6) is 1.27. The number of sulfonamides is 1. The molecule has 6 nitrogen and oxygen atoms in total. The summed E-state index contributed by atoms with van der Waals surface area (Å²) in [4.78, 5) is 4.41. The fourth-order valence-corrected chi connectivity index (χ4v) is 3.56. The highest BCUT2D eigenvalue weighted by Crippen LogP contribution is 2.23. The van der Waals surface area contributed by atoms with E-state index in [1.165, 1.54) is 12.3 Å². The molecule has 2 N–H and O–H groups in total. The molecule has 0 atom stereocenters. The first kappa shape index (κ1) is 17.8. The highest BCUT2D eigenvalue weighted by molar-refractivity contribution is 7.92. The molecule has 26 heavy (non-hydrogen) atoms. The van der Waals surface area contributed by atoms with Gasteiger partial charge in [-0.3, -0.25) is 4.72 Å². The van der Waals surface area contributed by atoms with E-state index in [1.54, 1.807) is 38.3 Å². The van der Waals surface area contributed by atoms with Crippen molar-refractivity contribution in [1.82, 2.24) is 4.98 Å². The minimum absolute atomic E-state index is 0.169. The summed E-state index contributed by atoms with van der Waals surface area (Å²) in [5, 5.41) is 3.14. The lowest BCUT2D eigenvalue weighted by molar-refractivity contribution is 0.411. The molecule has 0 aliphatic carbocycles. The first-order chi connectivity index (χ1) is 12.5. The molecule has 0 fully saturated rings. The Morgan fingerprint density at radius 3 is 2.35 bits per heavy atom. The molecule has 0 unspecified atom stereocenters. The summed E-state index contributed by atoms with van der Waals surface area (Å²) < 4.78 is 32.8. The molecular formula is C19H19N3O3S. The van der Waals surface area contributed by atoms with E-state index >= 15 is 0 Å². The molecule has 3 aromatic rings. The Balaban J connectivity index is 1.74. The van der Waals surface area contributed by atoms with E-state index in [2.05, 4.69) is 15.0 Å². The van der Waals surface area contributed by atoms with E-state index in [-0.39, 0.29) is 4.90 Å². The topological polar surface area (TPSA) is 80.3 Å². The second-order valence-electron chi connectivity index (χ2n) is 5.66. The van der Waals surface area contributed by atoms with Crippen molar-refractivity contribution in [2.24, 2.45) is 0 Å². The smallest absolute Gasteiger partial charge is 0.261 e. The molecule has 0 saturated carbocycles. The van der Waals surface area contributed by atoms with Crippen molar-refractivity contribution in [1.29, 1.82) is 0 Å². The molecule has 0 aliphatic heterocycles. The zero-order valence-electron chi connectivity index (χ0n) is 14.4. The monoisotopic (exact) mass is 369 g/mol. The van der Waals surface area contributed by atoms with Crippen LogP contribution in [0.1, 0.15) is 5.56 Å². The molecule has 1 heterocycles. The Bertz CT molecular complexity index is 988. The molecule has 0 bridgehead atoms. The molecule has 1 aromatic heterocycles. The summed E-state index contributed by atoms with van der Waals surface area (Å²) in [6, 6.07) is 17.7. The number of hydrogen-bond donors (Lipinski definition) is 2. The minimum atomic E-state index is -3.70. The summed E-state index contributed by atoms with van der Waals surface area (Å²) in [7, 11) is -2.15. The molecule has 134 valence electrons. The molecule has 0 amide bonds. The zero-order chi connectivity index (χ0) is 18.6. The fraction of sp³-hybridized carbons (Fsp3) is 0.105. The molecule has 0 saturated heterocycles. The van der Waals surface area contributed by atoms with Gasteiger partial charge in [-0.25, -0.2) is 13.4 Å². The number of pyridine rings is 1. The number of rotatable bonds is 6. The fourth-order valence-electron chi connectivity index (χ4n) is 2.43. The van der Waals surface area contributed by atoms with Gasteiger partial charge in [-0.1, -0.05) is 18.2 Å². The van der Waals surface area contributed by atoms with Gasteiger partial charge in [-0.2, -0.15) is 0 Å². The van der Waals surface area contributed by atoms with Gasteiger partial charge in [0.05, 0.1) is 23.9 Å². The van der Waals surface area contributed by atoms with Crippen LogP contribution >= 0.6 is 0 Å². The number of ether oxygens (including phenoxy) is 1. The second-order valence-corrected chi connectivity index (χ2v) is 7.34. The lowest BCUT2D eigenvalue weighted by Gasteiger charge is -2.11. The van der Waals surface area contributed by atoms with Crippen LogP contribution in [0.4, 0.5) is 17.2 Å². The number of anilines is 3. The summed E-state index contributed by atoms with van der Waals surface area (Å²) in [5.41, 5.74) is 2.04. The Kier molecular flexibility index (Phi) is 5.09. The van der Waals surface area contributed by atoms with Gasteiger partial charge >= 0.3 is 0 Å². The highest BCUT2D eigenvalue weighted by atomic mass is 32.2. The summed E-state index contributed by atoms with van der Waals surface area (Å²) in [6.45, 7) is 1.80. The van der Waals surface area contributed by atoms with Crippen LogP contribution in [-0.2, 0) is 10.0 Å². The number of hydrogen-bond acceptors (Lipinski definition) is 5. The predicted molar refractivity (Wildman–Crippen MR) is 103 cm³/mol. The number of nitrogens with one attached hydrogen (secondary N) is 2. The standard InChI is InChI=1S/C19H19N3O3S/c1-14-12-17(9-10-18(14)25-2)26(23,24)22-16-8-11-19(20-13-16)21-15-6-4-3-5-7-15/h3-13,22H,1-2H3,(H,20,21). The Hall–Kier alpha value is -3.06. The van der Waals surface area contributed by atoms with Crippen LogP contribution in [0.2, 0.25) is 0 Å². The maximum atomic E-state index is 12.5.